The van der Waals surface area contributed by atoms with Gasteiger partial charge in [-0.3, -0.25) is 4.79 Å². The number of alkyl halides is 3. The van der Waals surface area contributed by atoms with E-state index in [1.165, 1.54) is 12.1 Å². The highest BCUT2D eigenvalue weighted by Gasteiger charge is 2.34. The first-order chi connectivity index (χ1) is 9.08. The van der Waals surface area contributed by atoms with Crippen LogP contribution in [0.4, 0.5) is 18.9 Å². The number of amides is 1. The smallest absolute Gasteiger partial charge is 0.398 e. The van der Waals surface area contributed by atoms with E-state index in [0.29, 0.717) is 0 Å². The molecule has 0 atom stereocenters. The maximum atomic E-state index is 12.7. The average molecular weight is 288 g/mol. The molecule has 6 heteroatoms. The van der Waals surface area contributed by atoms with Crippen molar-refractivity contribution in [2.24, 2.45) is 0 Å². The minimum absolute atomic E-state index is 0.149. The van der Waals surface area contributed by atoms with Crippen molar-refractivity contribution in [1.82, 2.24) is 5.32 Å². The molecule has 20 heavy (non-hydrogen) atoms. The SMILES string of the molecule is CCCC(C)(C)NC(=O)c1cccc(C(F)(F)F)c1N. The Morgan fingerprint density at radius 1 is 1.30 bits per heavy atom. The maximum absolute atomic E-state index is 12.7. The highest BCUT2D eigenvalue weighted by atomic mass is 19.4. The molecule has 0 aliphatic carbocycles. The Bertz CT molecular complexity index is 496. The summed E-state index contributed by atoms with van der Waals surface area (Å²) in [6.45, 7) is 5.60. The molecule has 0 saturated heterocycles. The number of hydrogen-bond acceptors (Lipinski definition) is 2. The van der Waals surface area contributed by atoms with Crippen LogP contribution in [-0.4, -0.2) is 11.4 Å². The Balaban J connectivity index is 3.06. The van der Waals surface area contributed by atoms with Crippen LogP contribution in [0.2, 0.25) is 0 Å². The summed E-state index contributed by atoms with van der Waals surface area (Å²) < 4.78 is 38.2. The van der Waals surface area contributed by atoms with E-state index in [9.17, 15) is 18.0 Å². The molecule has 0 aliphatic heterocycles. The molecule has 1 aromatic carbocycles. The fraction of sp³-hybridized carbons (Fsp3) is 0.500. The first kappa shape index (κ1) is 16.3. The summed E-state index contributed by atoms with van der Waals surface area (Å²) in [5, 5.41) is 2.71. The van der Waals surface area contributed by atoms with Gasteiger partial charge in [0, 0.05) is 5.54 Å². The second-order valence-corrected chi connectivity index (χ2v) is 5.35. The highest BCUT2D eigenvalue weighted by molar-refractivity contribution is 6.00. The summed E-state index contributed by atoms with van der Waals surface area (Å²) in [6, 6.07) is 3.34. The van der Waals surface area contributed by atoms with Gasteiger partial charge in [0.1, 0.15) is 0 Å². The van der Waals surface area contributed by atoms with Gasteiger partial charge in [-0.1, -0.05) is 19.4 Å². The lowest BCUT2D eigenvalue weighted by atomic mass is 9.97. The summed E-state index contributed by atoms with van der Waals surface area (Å²) in [7, 11) is 0. The molecule has 0 heterocycles. The number of halogens is 3. The van der Waals surface area contributed by atoms with Gasteiger partial charge < -0.3 is 11.1 Å². The van der Waals surface area contributed by atoms with Crippen molar-refractivity contribution in [2.45, 2.75) is 45.3 Å². The summed E-state index contributed by atoms with van der Waals surface area (Å²) >= 11 is 0. The number of anilines is 1. The summed E-state index contributed by atoms with van der Waals surface area (Å²) in [6.07, 6.45) is -3.00. The number of para-hydroxylation sites is 1. The van der Waals surface area contributed by atoms with Crippen LogP contribution in [0.1, 0.15) is 49.5 Å². The molecule has 3 N–H and O–H groups in total. The van der Waals surface area contributed by atoms with Crippen molar-refractivity contribution in [3.63, 3.8) is 0 Å². The van der Waals surface area contributed by atoms with Crippen molar-refractivity contribution in [3.8, 4) is 0 Å². The standard InChI is InChI=1S/C14H19F3N2O/c1-4-8-13(2,3)19-12(20)9-6-5-7-10(11(9)18)14(15,16)17/h5-7H,4,8,18H2,1-3H3,(H,19,20). The summed E-state index contributed by atoms with van der Waals surface area (Å²) in [5.74, 6) is -0.591. The minimum atomic E-state index is -4.57. The quantitative estimate of drug-likeness (QED) is 0.832. The van der Waals surface area contributed by atoms with Gasteiger partial charge in [0.05, 0.1) is 16.8 Å². The Morgan fingerprint density at radius 2 is 1.90 bits per heavy atom. The Hall–Kier alpha value is -1.72. The number of carbonyl (C=O) groups is 1. The zero-order valence-electron chi connectivity index (χ0n) is 11.8. The fourth-order valence-corrected chi connectivity index (χ4v) is 2.07. The third kappa shape index (κ3) is 3.88. The number of nitrogens with two attached hydrogens (primary N) is 1. The van der Waals surface area contributed by atoms with Crippen LogP contribution in [0.5, 0.6) is 0 Å². The van der Waals surface area contributed by atoms with Crippen molar-refractivity contribution in [3.05, 3.63) is 29.3 Å². The third-order valence-electron chi connectivity index (χ3n) is 2.98. The van der Waals surface area contributed by atoms with Gasteiger partial charge in [0.15, 0.2) is 0 Å². The van der Waals surface area contributed by atoms with Gasteiger partial charge in [-0.15, -0.1) is 0 Å². The molecule has 0 saturated carbocycles. The molecule has 112 valence electrons. The first-order valence-electron chi connectivity index (χ1n) is 6.36. The molecule has 0 radical (unpaired) electrons. The number of rotatable bonds is 4. The van der Waals surface area contributed by atoms with E-state index < -0.39 is 28.9 Å². The summed E-state index contributed by atoms with van der Waals surface area (Å²) in [4.78, 5) is 12.1. The number of hydrogen-bond donors (Lipinski definition) is 2. The van der Waals surface area contributed by atoms with Crippen LogP contribution in [0.25, 0.3) is 0 Å². The minimum Gasteiger partial charge on any atom is -0.398 e. The van der Waals surface area contributed by atoms with Gasteiger partial charge in [-0.25, -0.2) is 0 Å². The molecule has 0 fully saturated rings. The van der Waals surface area contributed by atoms with Crippen molar-refractivity contribution in [1.29, 1.82) is 0 Å². The molecule has 0 aliphatic rings. The second-order valence-electron chi connectivity index (χ2n) is 5.35. The highest BCUT2D eigenvalue weighted by Crippen LogP contribution is 2.35. The molecule has 1 rings (SSSR count). The van der Waals surface area contributed by atoms with Crippen molar-refractivity contribution in [2.75, 3.05) is 5.73 Å². The van der Waals surface area contributed by atoms with Crippen LogP contribution >= 0.6 is 0 Å². The normalized spacial score (nSPS) is 12.3. The van der Waals surface area contributed by atoms with E-state index in [0.717, 1.165) is 18.9 Å². The average Bonchev–Trinajstić information content (AvgIpc) is 2.26. The van der Waals surface area contributed by atoms with Gasteiger partial charge in [-0.2, -0.15) is 13.2 Å². The van der Waals surface area contributed by atoms with Gasteiger partial charge in [0.25, 0.3) is 5.91 Å². The van der Waals surface area contributed by atoms with Crippen LogP contribution in [0, 0.1) is 0 Å². The molecular weight excluding hydrogens is 269 g/mol. The largest absolute Gasteiger partial charge is 0.418 e. The predicted octanol–water partition coefficient (Wildman–Crippen LogP) is 3.60. The third-order valence-corrected chi connectivity index (χ3v) is 2.98. The number of nitrogen functional groups attached to an aromatic ring is 1. The monoisotopic (exact) mass is 288 g/mol. The van der Waals surface area contributed by atoms with E-state index in [2.05, 4.69) is 5.32 Å². The Labute approximate surface area is 116 Å². The van der Waals surface area contributed by atoms with Gasteiger partial charge in [0.2, 0.25) is 0 Å². The van der Waals surface area contributed by atoms with Crippen LogP contribution in [0.3, 0.4) is 0 Å². The van der Waals surface area contributed by atoms with Gasteiger partial charge in [-0.05, 0) is 32.4 Å². The molecule has 0 bridgehead atoms. The molecule has 0 aromatic heterocycles. The topological polar surface area (TPSA) is 55.1 Å². The van der Waals surface area contributed by atoms with E-state index in [4.69, 9.17) is 5.73 Å². The number of nitrogens with one attached hydrogen (secondary N) is 1. The zero-order valence-corrected chi connectivity index (χ0v) is 11.8. The van der Waals surface area contributed by atoms with E-state index in [1.54, 1.807) is 0 Å². The second kappa shape index (κ2) is 5.73. The molecule has 1 aromatic rings. The lowest BCUT2D eigenvalue weighted by molar-refractivity contribution is -0.136. The molecule has 0 spiro atoms. The fourth-order valence-electron chi connectivity index (χ4n) is 2.07. The van der Waals surface area contributed by atoms with E-state index >= 15 is 0 Å². The van der Waals surface area contributed by atoms with Gasteiger partial charge >= 0.3 is 6.18 Å². The van der Waals surface area contributed by atoms with Crippen molar-refractivity contribution < 1.29 is 18.0 Å². The zero-order chi connectivity index (χ0) is 15.6. The summed E-state index contributed by atoms with van der Waals surface area (Å²) in [5.41, 5.74) is 3.31. The Morgan fingerprint density at radius 3 is 2.40 bits per heavy atom. The van der Waals surface area contributed by atoms with E-state index in [1.807, 2.05) is 20.8 Å². The number of benzene rings is 1. The lowest BCUT2D eigenvalue weighted by Crippen LogP contribution is -2.43. The molecular formula is C14H19F3N2O. The number of carbonyl (C=O) groups excluding carboxylic acids is 1. The molecule has 1 amide bonds. The Kier molecular flexibility index (Phi) is 4.68. The van der Waals surface area contributed by atoms with Crippen molar-refractivity contribution >= 4 is 11.6 Å². The van der Waals surface area contributed by atoms with Crippen LogP contribution in [-0.2, 0) is 6.18 Å². The lowest BCUT2D eigenvalue weighted by Gasteiger charge is -2.26. The molecule has 0 unspecified atom stereocenters. The van der Waals surface area contributed by atoms with E-state index in [-0.39, 0.29) is 5.56 Å². The maximum Gasteiger partial charge on any atom is 0.418 e. The molecule has 3 nitrogen and oxygen atoms in total. The van der Waals surface area contributed by atoms with Crippen LogP contribution < -0.4 is 11.1 Å². The first-order valence-corrected chi connectivity index (χ1v) is 6.36. The predicted molar refractivity (Wildman–Crippen MR) is 72.3 cm³/mol. The van der Waals surface area contributed by atoms with Crippen LogP contribution in [0.15, 0.2) is 18.2 Å².